The van der Waals surface area contributed by atoms with Gasteiger partial charge in [0.15, 0.2) is 0 Å². The summed E-state index contributed by atoms with van der Waals surface area (Å²) in [5.41, 5.74) is 4.34. The van der Waals surface area contributed by atoms with Crippen molar-refractivity contribution in [3.8, 4) is 0 Å². The Kier molecular flexibility index (Phi) is 31.2. The number of oxime groups is 1. The lowest BCUT2D eigenvalue weighted by molar-refractivity contribution is -0.0844. The highest BCUT2D eigenvalue weighted by atomic mass is 31.1. The minimum Gasteiger partial charge on any atom is -0.397 e. The second-order valence-corrected chi connectivity index (χ2v) is 13.8. The second-order valence-electron chi connectivity index (χ2n) is 10.5. The molecular formula is C32H56N2O14P2+2. The van der Waals surface area contributed by atoms with Crippen molar-refractivity contribution in [1.29, 1.82) is 0 Å². The summed E-state index contributed by atoms with van der Waals surface area (Å²) in [5, 5.41) is 95.5. The van der Waals surface area contributed by atoms with Crippen LogP contribution in [0.25, 0.3) is 0 Å². The van der Waals surface area contributed by atoms with Crippen molar-refractivity contribution in [3.05, 3.63) is 71.8 Å². The molecule has 0 amide bonds. The SMILES string of the molecule is CCO.CCO.C[P+](=O)C(O)C[C@@H](O)[C@@H](O)[C@@H](O)C=NOCc1ccccc1.C[P+](=O)C(O)C[C@@H](O)[C@@H](O)[C@@H](O)CNOCc1ccccc1. The minimum absolute atomic E-state index is 0.0978. The van der Waals surface area contributed by atoms with Gasteiger partial charge in [-0.2, -0.15) is 5.48 Å². The molecular weight excluding hydrogens is 698 g/mol. The average molecular weight is 755 g/mol. The van der Waals surface area contributed by atoms with Crippen molar-refractivity contribution in [2.24, 2.45) is 5.16 Å². The van der Waals surface area contributed by atoms with Gasteiger partial charge in [-0.15, -0.1) is 0 Å². The van der Waals surface area contributed by atoms with Crippen molar-refractivity contribution >= 4 is 21.8 Å². The summed E-state index contributed by atoms with van der Waals surface area (Å²) < 4.78 is 22.0. The molecule has 16 nitrogen and oxygen atoms in total. The lowest BCUT2D eigenvalue weighted by Gasteiger charge is -2.22. The van der Waals surface area contributed by atoms with E-state index in [-0.39, 0.29) is 39.2 Å². The van der Waals surface area contributed by atoms with Gasteiger partial charge in [0.05, 0.1) is 31.1 Å². The molecule has 50 heavy (non-hydrogen) atoms. The summed E-state index contributed by atoms with van der Waals surface area (Å²) in [6.45, 7) is 6.90. The summed E-state index contributed by atoms with van der Waals surface area (Å²) in [6.07, 6.45) is -8.21. The molecule has 0 aliphatic heterocycles. The van der Waals surface area contributed by atoms with Crippen molar-refractivity contribution in [2.45, 2.75) is 88.2 Å². The molecule has 0 radical (unpaired) electrons. The van der Waals surface area contributed by atoms with E-state index in [4.69, 9.17) is 19.9 Å². The molecule has 0 aromatic heterocycles. The van der Waals surface area contributed by atoms with Crippen LogP contribution < -0.4 is 5.48 Å². The van der Waals surface area contributed by atoms with Gasteiger partial charge in [0.2, 0.25) is 0 Å². The first kappa shape index (κ1) is 49.7. The number of nitrogens with one attached hydrogen (secondary N) is 1. The van der Waals surface area contributed by atoms with Gasteiger partial charge in [-0.05, 0) is 25.0 Å². The van der Waals surface area contributed by atoms with Crippen molar-refractivity contribution in [2.75, 3.05) is 33.1 Å². The van der Waals surface area contributed by atoms with E-state index < -0.39 is 63.9 Å². The first-order valence-corrected chi connectivity index (χ1v) is 19.3. The third-order valence-corrected chi connectivity index (χ3v) is 8.22. The normalized spacial score (nSPS) is 16.3. The molecule has 2 rings (SSSR count). The zero-order chi connectivity index (χ0) is 38.5. The Morgan fingerprint density at radius 1 is 0.680 bits per heavy atom. The highest BCUT2D eigenvalue weighted by molar-refractivity contribution is 7.44. The molecule has 18 heteroatoms. The van der Waals surface area contributed by atoms with Gasteiger partial charge in [-0.3, -0.25) is 4.84 Å². The van der Waals surface area contributed by atoms with Gasteiger partial charge >= 0.3 is 15.6 Å². The Balaban J connectivity index is 0. The van der Waals surface area contributed by atoms with Crippen LogP contribution in [0.4, 0.5) is 0 Å². The van der Waals surface area contributed by atoms with Crippen LogP contribution in [0.15, 0.2) is 65.8 Å². The summed E-state index contributed by atoms with van der Waals surface area (Å²) in [4.78, 5) is 10.1. The predicted octanol–water partition coefficient (Wildman–Crippen LogP) is 0.391. The molecule has 0 saturated heterocycles. The van der Waals surface area contributed by atoms with E-state index in [2.05, 4.69) is 10.6 Å². The molecule has 2 aromatic carbocycles. The standard InChI is InChI=1S/C14H23NO6P.C14H21NO6P.2C2H6O/c2*1-22(20)13(18)7-11(16)14(19)12(17)8-15-21-9-10-5-3-2-4-6-10;2*1-2-3/h2-6,11-19H,7-9H2,1H3;2-6,8,11-14,16-19H,7,9H2,1H3;2*3H,2H2,1H3/q2*+1;;/t2*11-,12+,13?,14-;;/m11../s1. The van der Waals surface area contributed by atoms with Gasteiger partial charge < -0.3 is 55.9 Å². The molecule has 11 N–H and O–H groups in total. The van der Waals surface area contributed by atoms with E-state index >= 15 is 0 Å². The van der Waals surface area contributed by atoms with Crippen molar-refractivity contribution in [3.63, 3.8) is 0 Å². The monoisotopic (exact) mass is 754 g/mol. The number of aliphatic hydroxyl groups is 10. The molecule has 286 valence electrons. The number of rotatable bonds is 19. The van der Waals surface area contributed by atoms with Crippen LogP contribution in [-0.4, -0.2) is 139 Å². The van der Waals surface area contributed by atoms with E-state index in [9.17, 15) is 50.0 Å². The predicted molar refractivity (Wildman–Crippen MR) is 189 cm³/mol. The van der Waals surface area contributed by atoms with Crippen LogP contribution in [0.5, 0.6) is 0 Å². The third-order valence-electron chi connectivity index (χ3n) is 6.12. The largest absolute Gasteiger partial charge is 0.397 e. The lowest BCUT2D eigenvalue weighted by atomic mass is 10.1. The van der Waals surface area contributed by atoms with Crippen LogP contribution in [0.2, 0.25) is 0 Å². The van der Waals surface area contributed by atoms with Gasteiger partial charge in [-0.25, -0.2) is 0 Å². The van der Waals surface area contributed by atoms with Gasteiger partial charge in [0, 0.05) is 32.6 Å². The Morgan fingerprint density at radius 3 is 1.50 bits per heavy atom. The zero-order valence-electron chi connectivity index (χ0n) is 28.9. The Hall–Kier alpha value is -2.37. The molecule has 2 aromatic rings. The molecule has 0 fully saturated rings. The van der Waals surface area contributed by atoms with Gasteiger partial charge in [0.25, 0.3) is 11.7 Å². The lowest BCUT2D eigenvalue weighted by Crippen LogP contribution is -2.44. The quantitative estimate of drug-likeness (QED) is 0.0401. The fraction of sp³-hybridized carbons (Fsp3) is 0.594. The molecule has 0 aliphatic carbocycles. The highest BCUT2D eigenvalue weighted by Crippen LogP contribution is 2.26. The molecule has 0 spiro atoms. The van der Waals surface area contributed by atoms with Crippen LogP contribution in [-0.2, 0) is 32.0 Å². The van der Waals surface area contributed by atoms with Gasteiger partial charge in [0.1, 0.15) is 38.2 Å². The van der Waals surface area contributed by atoms with E-state index in [0.717, 1.165) is 17.3 Å². The van der Waals surface area contributed by atoms with Crippen molar-refractivity contribution in [1.82, 2.24) is 5.48 Å². The zero-order valence-corrected chi connectivity index (χ0v) is 30.7. The number of hydrogen-bond acceptors (Lipinski definition) is 16. The van der Waals surface area contributed by atoms with E-state index in [1.54, 1.807) is 13.8 Å². The summed E-state index contributed by atoms with van der Waals surface area (Å²) in [6, 6.07) is 18.6. The maximum absolute atomic E-state index is 11.0. The molecule has 4 unspecified atom stereocenters. The molecule has 0 heterocycles. The van der Waals surface area contributed by atoms with E-state index in [1.807, 2.05) is 60.7 Å². The summed E-state index contributed by atoms with van der Waals surface area (Å²) in [7, 11) is -3.75. The minimum atomic E-state index is -1.88. The maximum Gasteiger partial charge on any atom is 0.366 e. The average Bonchev–Trinajstić information content (AvgIpc) is 3.09. The smallest absolute Gasteiger partial charge is 0.366 e. The Morgan fingerprint density at radius 2 is 1.08 bits per heavy atom. The Labute approximate surface area is 295 Å². The number of hydroxylamine groups is 1. The maximum atomic E-state index is 11.0. The second kappa shape index (κ2) is 31.4. The molecule has 0 aliphatic rings. The van der Waals surface area contributed by atoms with Crippen LogP contribution in [0.1, 0.15) is 37.8 Å². The number of benzene rings is 2. The molecule has 10 atom stereocenters. The van der Waals surface area contributed by atoms with Crippen LogP contribution in [0.3, 0.4) is 0 Å². The molecule has 0 bridgehead atoms. The van der Waals surface area contributed by atoms with Gasteiger partial charge in [-0.1, -0.05) is 74.9 Å². The highest BCUT2D eigenvalue weighted by Gasteiger charge is 2.33. The summed E-state index contributed by atoms with van der Waals surface area (Å²) in [5.74, 6) is -2.45. The molecule has 0 saturated carbocycles. The van der Waals surface area contributed by atoms with E-state index in [1.165, 1.54) is 13.3 Å². The van der Waals surface area contributed by atoms with Crippen molar-refractivity contribution < 1.29 is 69.9 Å². The topological polar surface area (TPSA) is 279 Å². The number of aliphatic hydroxyl groups excluding tert-OH is 10. The first-order chi connectivity index (χ1) is 23.7. The number of nitrogens with zero attached hydrogens (tertiary/aromatic N) is 1. The fourth-order valence-electron chi connectivity index (χ4n) is 3.35. The third kappa shape index (κ3) is 25.6. The van der Waals surface area contributed by atoms with E-state index in [0.29, 0.717) is 6.61 Å². The van der Waals surface area contributed by atoms with Crippen LogP contribution >= 0.6 is 15.6 Å². The summed E-state index contributed by atoms with van der Waals surface area (Å²) >= 11 is 0. The first-order valence-electron chi connectivity index (χ1n) is 15.7. The fourth-order valence-corrected chi connectivity index (χ4v) is 4.37. The van der Waals surface area contributed by atoms with Crippen LogP contribution in [0, 0.1) is 0 Å². The number of hydrogen-bond donors (Lipinski definition) is 11. The Bertz CT molecular complexity index is 1140.